The van der Waals surface area contributed by atoms with Crippen LogP contribution in [-0.4, -0.2) is 55.1 Å². The minimum absolute atomic E-state index is 0.267. The van der Waals surface area contributed by atoms with Crippen molar-refractivity contribution in [2.45, 2.75) is 39.3 Å². The van der Waals surface area contributed by atoms with Gasteiger partial charge in [-0.05, 0) is 19.8 Å². The van der Waals surface area contributed by atoms with E-state index in [1.165, 1.54) is 0 Å². The maximum absolute atomic E-state index is 5.72. The third kappa shape index (κ3) is 5.98. The van der Waals surface area contributed by atoms with Gasteiger partial charge in [0.05, 0.1) is 12.7 Å². The van der Waals surface area contributed by atoms with Gasteiger partial charge < -0.3 is 24.6 Å². The second kappa shape index (κ2) is 9.37. The SMILES string of the molecule is CCNC(=NCc1noc(C)n1)NCCCOC1CCOC1. The molecule has 2 N–H and O–H groups in total. The smallest absolute Gasteiger partial charge is 0.223 e. The lowest BCUT2D eigenvalue weighted by Gasteiger charge is -2.12. The average molecular weight is 311 g/mol. The highest BCUT2D eigenvalue weighted by Crippen LogP contribution is 2.07. The number of nitrogens with one attached hydrogen (secondary N) is 2. The number of aliphatic imine (C=N–C) groups is 1. The van der Waals surface area contributed by atoms with Crippen LogP contribution >= 0.6 is 0 Å². The Bertz CT molecular complexity index is 457. The molecule has 0 radical (unpaired) electrons. The van der Waals surface area contributed by atoms with Gasteiger partial charge in [-0.1, -0.05) is 5.16 Å². The number of guanidine groups is 1. The van der Waals surface area contributed by atoms with Crippen molar-refractivity contribution in [3.05, 3.63) is 11.7 Å². The molecule has 1 aliphatic rings. The molecule has 8 heteroatoms. The molecule has 124 valence electrons. The number of aromatic nitrogens is 2. The van der Waals surface area contributed by atoms with Crippen LogP contribution in [-0.2, 0) is 16.0 Å². The summed E-state index contributed by atoms with van der Waals surface area (Å²) in [5.74, 6) is 1.88. The normalized spacial score (nSPS) is 18.6. The summed E-state index contributed by atoms with van der Waals surface area (Å²) in [7, 11) is 0. The van der Waals surface area contributed by atoms with E-state index in [0.717, 1.165) is 51.7 Å². The van der Waals surface area contributed by atoms with E-state index in [9.17, 15) is 0 Å². The van der Waals surface area contributed by atoms with Gasteiger partial charge >= 0.3 is 0 Å². The molecule has 1 fully saturated rings. The maximum Gasteiger partial charge on any atom is 0.223 e. The third-order valence-electron chi connectivity index (χ3n) is 3.15. The summed E-state index contributed by atoms with van der Waals surface area (Å²) < 4.78 is 15.9. The molecule has 1 aromatic heterocycles. The monoisotopic (exact) mass is 311 g/mol. The van der Waals surface area contributed by atoms with Crippen LogP contribution in [0.15, 0.2) is 9.52 Å². The fourth-order valence-corrected chi connectivity index (χ4v) is 2.07. The topological polar surface area (TPSA) is 93.8 Å². The van der Waals surface area contributed by atoms with Gasteiger partial charge in [-0.2, -0.15) is 4.98 Å². The van der Waals surface area contributed by atoms with E-state index in [1.807, 2.05) is 6.92 Å². The van der Waals surface area contributed by atoms with E-state index >= 15 is 0 Å². The number of aryl methyl sites for hydroxylation is 1. The molecule has 1 aromatic rings. The van der Waals surface area contributed by atoms with E-state index < -0.39 is 0 Å². The average Bonchev–Trinajstić information content (AvgIpc) is 3.16. The number of hydrogen-bond donors (Lipinski definition) is 2. The van der Waals surface area contributed by atoms with Crippen LogP contribution < -0.4 is 10.6 Å². The summed E-state index contributed by atoms with van der Waals surface area (Å²) in [6, 6.07) is 0. The van der Waals surface area contributed by atoms with Crippen molar-refractivity contribution in [1.82, 2.24) is 20.8 Å². The van der Waals surface area contributed by atoms with Gasteiger partial charge in [0.15, 0.2) is 11.8 Å². The van der Waals surface area contributed by atoms with Crippen molar-refractivity contribution in [3.63, 3.8) is 0 Å². The fraction of sp³-hybridized carbons (Fsp3) is 0.786. The highest BCUT2D eigenvalue weighted by Gasteiger charge is 2.15. The van der Waals surface area contributed by atoms with Gasteiger partial charge in [0, 0.05) is 33.2 Å². The van der Waals surface area contributed by atoms with Crippen LogP contribution in [0, 0.1) is 6.92 Å². The predicted molar refractivity (Wildman–Crippen MR) is 81.6 cm³/mol. The minimum atomic E-state index is 0.267. The van der Waals surface area contributed by atoms with Gasteiger partial charge in [0.2, 0.25) is 5.89 Å². The van der Waals surface area contributed by atoms with E-state index in [4.69, 9.17) is 14.0 Å². The van der Waals surface area contributed by atoms with Crippen molar-refractivity contribution in [1.29, 1.82) is 0 Å². The zero-order chi connectivity index (χ0) is 15.6. The number of hydrogen-bond acceptors (Lipinski definition) is 6. The van der Waals surface area contributed by atoms with Crippen LogP contribution in [0.3, 0.4) is 0 Å². The molecule has 0 aromatic carbocycles. The first-order valence-corrected chi connectivity index (χ1v) is 7.78. The lowest BCUT2D eigenvalue weighted by molar-refractivity contribution is 0.0420. The molecule has 8 nitrogen and oxygen atoms in total. The van der Waals surface area contributed by atoms with Gasteiger partial charge in [-0.15, -0.1) is 0 Å². The first-order valence-electron chi connectivity index (χ1n) is 7.78. The van der Waals surface area contributed by atoms with Crippen molar-refractivity contribution in [2.24, 2.45) is 4.99 Å². The first-order chi connectivity index (χ1) is 10.8. The summed E-state index contributed by atoms with van der Waals surface area (Å²) in [6.45, 7) is 8.04. The van der Waals surface area contributed by atoms with Gasteiger partial charge in [-0.3, -0.25) is 0 Å². The molecule has 0 bridgehead atoms. The molecule has 1 saturated heterocycles. The number of rotatable bonds is 8. The number of nitrogens with zero attached hydrogens (tertiary/aromatic N) is 3. The van der Waals surface area contributed by atoms with E-state index in [0.29, 0.717) is 18.3 Å². The summed E-state index contributed by atoms with van der Waals surface area (Å²) >= 11 is 0. The molecule has 2 rings (SSSR count). The van der Waals surface area contributed by atoms with Crippen molar-refractivity contribution in [2.75, 3.05) is 32.9 Å². The molecular weight excluding hydrogens is 286 g/mol. The summed E-state index contributed by atoms with van der Waals surface area (Å²) in [5.41, 5.74) is 0. The second-order valence-electron chi connectivity index (χ2n) is 5.06. The predicted octanol–water partition coefficient (Wildman–Crippen LogP) is 0.629. The van der Waals surface area contributed by atoms with Crippen LogP contribution in [0.1, 0.15) is 31.5 Å². The first kappa shape index (κ1) is 16.7. The highest BCUT2D eigenvalue weighted by atomic mass is 16.5. The Morgan fingerprint density at radius 2 is 2.36 bits per heavy atom. The molecule has 1 atom stereocenters. The Kier molecular flexibility index (Phi) is 7.11. The molecule has 0 amide bonds. The van der Waals surface area contributed by atoms with Gasteiger partial charge in [0.25, 0.3) is 0 Å². The largest absolute Gasteiger partial charge is 0.379 e. The zero-order valence-electron chi connectivity index (χ0n) is 13.3. The second-order valence-corrected chi connectivity index (χ2v) is 5.06. The fourth-order valence-electron chi connectivity index (χ4n) is 2.07. The summed E-state index contributed by atoms with van der Waals surface area (Å²) in [6.07, 6.45) is 2.19. The van der Waals surface area contributed by atoms with Crippen molar-refractivity contribution < 1.29 is 14.0 Å². The Hall–Kier alpha value is -1.67. The Labute approximate surface area is 130 Å². The zero-order valence-corrected chi connectivity index (χ0v) is 13.3. The molecule has 0 saturated carbocycles. The van der Waals surface area contributed by atoms with Crippen molar-refractivity contribution in [3.8, 4) is 0 Å². The quantitative estimate of drug-likeness (QED) is 0.413. The molecule has 1 unspecified atom stereocenters. The summed E-state index contributed by atoms with van der Waals surface area (Å²) in [4.78, 5) is 8.55. The summed E-state index contributed by atoms with van der Waals surface area (Å²) in [5, 5.41) is 10.3. The Balaban J connectivity index is 1.64. The van der Waals surface area contributed by atoms with E-state index in [1.54, 1.807) is 6.92 Å². The molecule has 1 aliphatic heterocycles. The molecule has 0 aliphatic carbocycles. The van der Waals surface area contributed by atoms with E-state index in [2.05, 4.69) is 25.8 Å². The molecule has 0 spiro atoms. The Morgan fingerprint density at radius 1 is 1.45 bits per heavy atom. The van der Waals surface area contributed by atoms with Crippen LogP contribution in [0.5, 0.6) is 0 Å². The van der Waals surface area contributed by atoms with Gasteiger partial charge in [-0.25, -0.2) is 4.99 Å². The maximum atomic E-state index is 5.72. The van der Waals surface area contributed by atoms with Crippen LogP contribution in [0.2, 0.25) is 0 Å². The Morgan fingerprint density at radius 3 is 3.05 bits per heavy atom. The van der Waals surface area contributed by atoms with E-state index in [-0.39, 0.29) is 6.10 Å². The lowest BCUT2D eigenvalue weighted by atomic mass is 10.3. The third-order valence-corrected chi connectivity index (χ3v) is 3.15. The van der Waals surface area contributed by atoms with Gasteiger partial charge in [0.1, 0.15) is 6.54 Å². The molecule has 22 heavy (non-hydrogen) atoms. The van der Waals surface area contributed by atoms with Crippen molar-refractivity contribution >= 4 is 5.96 Å². The standard InChI is InChI=1S/C14H25N5O3/c1-3-15-14(17-9-13-18-11(2)22-19-13)16-6-4-7-21-12-5-8-20-10-12/h12H,3-10H2,1-2H3,(H2,15,16,17). The lowest BCUT2D eigenvalue weighted by Crippen LogP contribution is -2.38. The van der Waals surface area contributed by atoms with Crippen LogP contribution in [0.25, 0.3) is 0 Å². The molecular formula is C14H25N5O3. The molecule has 2 heterocycles. The highest BCUT2D eigenvalue weighted by molar-refractivity contribution is 5.79. The number of ether oxygens (including phenoxy) is 2. The minimum Gasteiger partial charge on any atom is -0.379 e. The van der Waals surface area contributed by atoms with Crippen LogP contribution in [0.4, 0.5) is 0 Å².